The molecule has 1 rings (SSSR count). The summed E-state index contributed by atoms with van der Waals surface area (Å²) in [5, 5.41) is 0.232. The minimum Gasteiger partial charge on any atom is -0.123 e. The minimum atomic E-state index is 0.232. The molecule has 2 unspecified atom stereocenters. The maximum atomic E-state index is 6.32. The van der Waals surface area contributed by atoms with Gasteiger partial charge in [0.1, 0.15) is 0 Å². The zero-order valence-corrected chi connectivity index (χ0v) is 12.7. The van der Waals surface area contributed by atoms with Gasteiger partial charge in [0.15, 0.2) is 0 Å². The average Bonchev–Trinajstić information content (AvgIpc) is 2.14. The smallest absolute Gasteiger partial charge is 0.0341 e. The molecule has 0 saturated heterocycles. The van der Waals surface area contributed by atoms with Crippen molar-refractivity contribution in [1.29, 1.82) is 0 Å². The van der Waals surface area contributed by atoms with Gasteiger partial charge in [0.05, 0.1) is 0 Å². The number of halogens is 1. The third-order valence-electron chi connectivity index (χ3n) is 3.73. The molecule has 0 fully saturated rings. The van der Waals surface area contributed by atoms with Crippen LogP contribution in [0.1, 0.15) is 43.0 Å². The van der Waals surface area contributed by atoms with Crippen molar-refractivity contribution in [1.82, 2.24) is 0 Å². The molecule has 0 radical (unpaired) electrons. The first kappa shape index (κ1) is 14.6. The topological polar surface area (TPSA) is 0 Å². The molecule has 1 heteroatoms. The van der Waals surface area contributed by atoms with Crippen LogP contribution in [0.5, 0.6) is 0 Å². The van der Waals surface area contributed by atoms with Crippen molar-refractivity contribution in [3.63, 3.8) is 0 Å². The molecule has 0 aliphatic carbocycles. The summed E-state index contributed by atoms with van der Waals surface area (Å²) >= 11 is 6.32. The van der Waals surface area contributed by atoms with Gasteiger partial charge in [-0.15, -0.1) is 11.6 Å². The zero-order chi connectivity index (χ0) is 13.2. The Hall–Kier alpha value is -0.490. The number of aryl methyl sites for hydroxylation is 3. The maximum absolute atomic E-state index is 6.32. The first-order chi connectivity index (χ1) is 7.82. The van der Waals surface area contributed by atoms with Gasteiger partial charge in [-0.25, -0.2) is 0 Å². The van der Waals surface area contributed by atoms with Crippen molar-refractivity contribution in [2.75, 3.05) is 0 Å². The van der Waals surface area contributed by atoms with Crippen LogP contribution in [0.2, 0.25) is 0 Å². The van der Waals surface area contributed by atoms with Crippen LogP contribution >= 0.6 is 11.6 Å². The summed E-state index contributed by atoms with van der Waals surface area (Å²) < 4.78 is 0. The van der Waals surface area contributed by atoms with Gasteiger partial charge in [-0.2, -0.15) is 0 Å². The van der Waals surface area contributed by atoms with Crippen LogP contribution in [0.25, 0.3) is 0 Å². The summed E-state index contributed by atoms with van der Waals surface area (Å²) in [5.74, 6) is 1.18. The van der Waals surface area contributed by atoms with E-state index >= 15 is 0 Å². The largest absolute Gasteiger partial charge is 0.123 e. The van der Waals surface area contributed by atoms with Gasteiger partial charge in [0, 0.05) is 5.38 Å². The summed E-state index contributed by atoms with van der Waals surface area (Å²) in [7, 11) is 0. The fourth-order valence-corrected chi connectivity index (χ4v) is 3.08. The normalized spacial score (nSPS) is 15.1. The highest BCUT2D eigenvalue weighted by Crippen LogP contribution is 2.27. The highest BCUT2D eigenvalue weighted by molar-refractivity contribution is 6.20. The van der Waals surface area contributed by atoms with E-state index in [4.69, 9.17) is 11.6 Å². The summed E-state index contributed by atoms with van der Waals surface area (Å²) in [4.78, 5) is 0. The summed E-state index contributed by atoms with van der Waals surface area (Å²) in [6, 6.07) is 4.55. The van der Waals surface area contributed by atoms with E-state index in [0.29, 0.717) is 11.8 Å². The lowest BCUT2D eigenvalue weighted by atomic mass is 9.84. The lowest BCUT2D eigenvalue weighted by Crippen LogP contribution is -2.21. The third kappa shape index (κ3) is 3.74. The Labute approximate surface area is 111 Å². The molecule has 0 spiro atoms. The molecule has 1 aromatic carbocycles. The molecule has 17 heavy (non-hydrogen) atoms. The Morgan fingerprint density at radius 1 is 1.00 bits per heavy atom. The lowest BCUT2D eigenvalue weighted by Gasteiger charge is -2.25. The van der Waals surface area contributed by atoms with Gasteiger partial charge in [0.2, 0.25) is 0 Å². The Kier molecular flexibility index (Phi) is 5.06. The van der Waals surface area contributed by atoms with Crippen LogP contribution in [0.4, 0.5) is 0 Å². The predicted octanol–water partition coefficient (Wildman–Crippen LogP) is 5.05. The van der Waals surface area contributed by atoms with Crippen molar-refractivity contribution in [2.24, 2.45) is 11.8 Å². The quantitative estimate of drug-likeness (QED) is 0.658. The second-order valence-electron chi connectivity index (χ2n) is 5.67. The number of alkyl halides is 1. The molecular weight excluding hydrogens is 228 g/mol. The average molecular weight is 253 g/mol. The fourth-order valence-electron chi connectivity index (χ4n) is 2.70. The summed E-state index contributed by atoms with van der Waals surface area (Å²) in [6.45, 7) is 13.2. The van der Waals surface area contributed by atoms with Gasteiger partial charge in [-0.1, -0.05) is 31.5 Å². The van der Waals surface area contributed by atoms with Gasteiger partial charge < -0.3 is 0 Å². The van der Waals surface area contributed by atoms with E-state index in [1.807, 2.05) is 0 Å². The minimum absolute atomic E-state index is 0.232. The third-order valence-corrected chi connectivity index (χ3v) is 4.05. The van der Waals surface area contributed by atoms with E-state index in [1.54, 1.807) is 0 Å². The van der Waals surface area contributed by atoms with Crippen molar-refractivity contribution < 1.29 is 0 Å². The molecular formula is C16H25Cl. The SMILES string of the molecule is Cc1cc(C)c(CC(C(C)C)C(C)Cl)c(C)c1. The molecule has 0 aromatic heterocycles. The highest BCUT2D eigenvalue weighted by Gasteiger charge is 2.21. The molecule has 0 aliphatic heterocycles. The monoisotopic (exact) mass is 252 g/mol. The standard InChI is InChI=1S/C16H25Cl/c1-10(2)15(14(6)17)9-16-12(4)7-11(3)8-13(16)5/h7-8,10,14-15H,9H2,1-6H3. The maximum Gasteiger partial charge on any atom is 0.0341 e. The molecule has 0 bridgehead atoms. The van der Waals surface area contributed by atoms with E-state index in [9.17, 15) is 0 Å². The van der Waals surface area contributed by atoms with Crippen LogP contribution in [-0.2, 0) is 6.42 Å². The van der Waals surface area contributed by atoms with E-state index in [2.05, 4.69) is 53.7 Å². The van der Waals surface area contributed by atoms with Crippen molar-refractivity contribution in [3.05, 3.63) is 34.4 Å². The molecule has 0 heterocycles. The summed E-state index contributed by atoms with van der Waals surface area (Å²) in [5.41, 5.74) is 5.65. The molecule has 0 nitrogen and oxygen atoms in total. The van der Waals surface area contributed by atoms with E-state index in [1.165, 1.54) is 22.3 Å². The zero-order valence-electron chi connectivity index (χ0n) is 12.0. The molecule has 0 saturated carbocycles. The molecule has 1 aromatic rings. The molecule has 0 aliphatic rings. The fraction of sp³-hybridized carbons (Fsp3) is 0.625. The number of rotatable bonds is 4. The second-order valence-corrected chi connectivity index (χ2v) is 6.36. The van der Waals surface area contributed by atoms with Crippen LogP contribution in [-0.4, -0.2) is 5.38 Å². The molecule has 96 valence electrons. The predicted molar refractivity (Wildman–Crippen MR) is 78.0 cm³/mol. The number of benzene rings is 1. The van der Waals surface area contributed by atoms with Gasteiger partial charge in [-0.3, -0.25) is 0 Å². The number of hydrogen-bond donors (Lipinski definition) is 0. The van der Waals surface area contributed by atoms with E-state index in [0.717, 1.165) is 6.42 Å². The van der Waals surface area contributed by atoms with Gasteiger partial charge in [0.25, 0.3) is 0 Å². The van der Waals surface area contributed by atoms with Crippen LogP contribution in [0, 0.1) is 32.6 Å². The molecule has 0 N–H and O–H groups in total. The summed E-state index contributed by atoms with van der Waals surface area (Å²) in [6.07, 6.45) is 1.10. The van der Waals surface area contributed by atoms with Crippen molar-refractivity contribution >= 4 is 11.6 Å². The number of hydrogen-bond acceptors (Lipinski definition) is 0. The van der Waals surface area contributed by atoms with E-state index in [-0.39, 0.29) is 5.38 Å². The Bertz CT molecular complexity index is 346. The highest BCUT2D eigenvalue weighted by atomic mass is 35.5. The van der Waals surface area contributed by atoms with Crippen molar-refractivity contribution in [2.45, 2.75) is 53.3 Å². The first-order valence-electron chi connectivity index (χ1n) is 6.53. The first-order valence-corrected chi connectivity index (χ1v) is 6.97. The second kappa shape index (κ2) is 5.91. The van der Waals surface area contributed by atoms with Crippen LogP contribution in [0.3, 0.4) is 0 Å². The van der Waals surface area contributed by atoms with Crippen LogP contribution < -0.4 is 0 Å². The Morgan fingerprint density at radius 3 is 1.82 bits per heavy atom. The van der Waals surface area contributed by atoms with Gasteiger partial charge >= 0.3 is 0 Å². The molecule has 2 atom stereocenters. The van der Waals surface area contributed by atoms with Gasteiger partial charge in [-0.05, 0) is 62.6 Å². The lowest BCUT2D eigenvalue weighted by molar-refractivity contribution is 0.375. The molecule has 0 amide bonds. The van der Waals surface area contributed by atoms with E-state index < -0.39 is 0 Å². The van der Waals surface area contributed by atoms with Crippen LogP contribution in [0.15, 0.2) is 12.1 Å². The Morgan fingerprint density at radius 2 is 1.47 bits per heavy atom. The van der Waals surface area contributed by atoms with Crippen molar-refractivity contribution in [3.8, 4) is 0 Å². The Balaban J connectivity index is 3.01.